The van der Waals surface area contributed by atoms with Gasteiger partial charge in [0.05, 0.1) is 12.5 Å². The predicted octanol–water partition coefficient (Wildman–Crippen LogP) is 2.33. The summed E-state index contributed by atoms with van der Waals surface area (Å²) in [4.78, 5) is 11.4. The molecule has 0 spiro atoms. The molecule has 0 N–H and O–H groups in total. The van der Waals surface area contributed by atoms with E-state index in [4.69, 9.17) is 9.15 Å². The number of aryl methyl sites for hydroxylation is 1. The number of methoxy groups -OCH3 is 1. The fourth-order valence-electron chi connectivity index (χ4n) is 1.36. The van der Waals surface area contributed by atoms with Gasteiger partial charge in [0.15, 0.2) is 0 Å². The van der Waals surface area contributed by atoms with Gasteiger partial charge in [-0.1, -0.05) is 0 Å². The van der Waals surface area contributed by atoms with Crippen LogP contribution in [-0.2, 0) is 16.0 Å². The van der Waals surface area contributed by atoms with Crippen LogP contribution in [0.25, 0.3) is 0 Å². The Morgan fingerprint density at radius 2 is 2.14 bits per heavy atom. The number of rotatable bonds is 3. The van der Waals surface area contributed by atoms with Gasteiger partial charge in [-0.3, -0.25) is 4.79 Å². The smallest absolute Gasteiger partial charge is 0.311 e. The zero-order chi connectivity index (χ0) is 10.8. The summed E-state index contributed by atoms with van der Waals surface area (Å²) in [7, 11) is 1.40. The Morgan fingerprint density at radius 3 is 2.57 bits per heavy atom. The molecule has 1 aromatic heterocycles. The van der Waals surface area contributed by atoms with Gasteiger partial charge in [-0.25, -0.2) is 0 Å². The third-order valence-corrected chi connectivity index (χ3v) is 2.15. The molecule has 0 fully saturated rings. The third kappa shape index (κ3) is 2.37. The number of carbonyl (C=O) groups excluding carboxylic acids is 1. The maximum absolute atomic E-state index is 11.4. The lowest BCUT2D eigenvalue weighted by atomic mass is 9.88. The van der Waals surface area contributed by atoms with Crippen molar-refractivity contribution in [1.29, 1.82) is 0 Å². The molecule has 78 valence electrons. The molecule has 1 heterocycles. The Labute approximate surface area is 84.1 Å². The molecular formula is C11H16O3. The van der Waals surface area contributed by atoms with Crippen molar-refractivity contribution < 1.29 is 13.9 Å². The van der Waals surface area contributed by atoms with Gasteiger partial charge in [0.2, 0.25) is 0 Å². The summed E-state index contributed by atoms with van der Waals surface area (Å²) < 4.78 is 10.1. The molecule has 0 aromatic carbocycles. The molecule has 0 saturated carbocycles. The van der Waals surface area contributed by atoms with Gasteiger partial charge in [-0.2, -0.15) is 0 Å². The van der Waals surface area contributed by atoms with E-state index in [1.165, 1.54) is 7.11 Å². The molecule has 0 amide bonds. The van der Waals surface area contributed by atoms with Crippen LogP contribution in [-0.4, -0.2) is 13.1 Å². The zero-order valence-corrected chi connectivity index (χ0v) is 9.09. The zero-order valence-electron chi connectivity index (χ0n) is 9.09. The van der Waals surface area contributed by atoms with E-state index in [-0.39, 0.29) is 5.97 Å². The largest absolute Gasteiger partial charge is 0.469 e. The number of esters is 1. The highest BCUT2D eigenvalue weighted by Gasteiger charge is 2.30. The lowest BCUT2D eigenvalue weighted by Gasteiger charge is -2.19. The number of hydrogen-bond donors (Lipinski definition) is 0. The van der Waals surface area contributed by atoms with Gasteiger partial charge in [-0.15, -0.1) is 0 Å². The van der Waals surface area contributed by atoms with E-state index < -0.39 is 5.41 Å². The molecule has 3 nitrogen and oxygen atoms in total. The second kappa shape index (κ2) is 3.86. The van der Waals surface area contributed by atoms with Crippen LogP contribution in [0.2, 0.25) is 0 Å². The minimum atomic E-state index is -0.529. The van der Waals surface area contributed by atoms with Crippen molar-refractivity contribution in [1.82, 2.24) is 0 Å². The minimum absolute atomic E-state index is 0.216. The molecular weight excluding hydrogens is 180 g/mol. The molecule has 0 bridgehead atoms. The summed E-state index contributed by atoms with van der Waals surface area (Å²) in [6.07, 6.45) is 0.563. The molecule has 0 unspecified atom stereocenters. The quantitative estimate of drug-likeness (QED) is 0.696. The van der Waals surface area contributed by atoms with E-state index in [1.54, 1.807) is 0 Å². The van der Waals surface area contributed by atoms with Gasteiger partial charge in [0, 0.05) is 6.42 Å². The Morgan fingerprint density at radius 1 is 1.50 bits per heavy atom. The van der Waals surface area contributed by atoms with Crippen molar-refractivity contribution in [2.24, 2.45) is 5.41 Å². The SMILES string of the molecule is COC(=O)C(C)(C)Cc1ccc(C)o1. The van der Waals surface area contributed by atoms with Crippen LogP contribution in [0.1, 0.15) is 25.4 Å². The summed E-state index contributed by atoms with van der Waals surface area (Å²) in [6.45, 7) is 5.57. The summed E-state index contributed by atoms with van der Waals surface area (Å²) >= 11 is 0. The number of carbonyl (C=O) groups is 1. The second-order valence-electron chi connectivity index (χ2n) is 4.06. The summed E-state index contributed by atoms with van der Waals surface area (Å²) in [5, 5.41) is 0. The molecule has 0 aliphatic carbocycles. The molecule has 14 heavy (non-hydrogen) atoms. The van der Waals surface area contributed by atoms with Crippen molar-refractivity contribution in [2.75, 3.05) is 7.11 Å². The van der Waals surface area contributed by atoms with Gasteiger partial charge < -0.3 is 9.15 Å². The van der Waals surface area contributed by atoms with E-state index in [0.29, 0.717) is 6.42 Å². The van der Waals surface area contributed by atoms with Crippen molar-refractivity contribution in [3.63, 3.8) is 0 Å². The van der Waals surface area contributed by atoms with Crippen LogP contribution in [0.4, 0.5) is 0 Å². The Hall–Kier alpha value is -1.25. The Kier molecular flexibility index (Phi) is 2.99. The highest BCUT2D eigenvalue weighted by molar-refractivity contribution is 5.76. The van der Waals surface area contributed by atoms with Crippen LogP contribution in [0.5, 0.6) is 0 Å². The number of ether oxygens (including phenoxy) is 1. The highest BCUT2D eigenvalue weighted by Crippen LogP contribution is 2.24. The van der Waals surface area contributed by atoms with E-state index >= 15 is 0 Å². The first-order chi connectivity index (χ1) is 6.45. The van der Waals surface area contributed by atoms with Crippen molar-refractivity contribution >= 4 is 5.97 Å². The minimum Gasteiger partial charge on any atom is -0.469 e. The van der Waals surface area contributed by atoms with Crippen molar-refractivity contribution in [3.8, 4) is 0 Å². The topological polar surface area (TPSA) is 39.4 Å². The predicted molar refractivity (Wildman–Crippen MR) is 52.9 cm³/mol. The van der Waals surface area contributed by atoms with Gasteiger partial charge >= 0.3 is 5.97 Å². The summed E-state index contributed by atoms with van der Waals surface area (Å²) in [5.74, 6) is 1.46. The maximum atomic E-state index is 11.4. The molecule has 3 heteroatoms. The Balaban J connectivity index is 2.72. The van der Waals surface area contributed by atoms with E-state index in [2.05, 4.69) is 0 Å². The van der Waals surface area contributed by atoms with Crippen molar-refractivity contribution in [3.05, 3.63) is 23.7 Å². The van der Waals surface area contributed by atoms with Gasteiger partial charge in [-0.05, 0) is 32.9 Å². The number of furan rings is 1. The van der Waals surface area contributed by atoms with E-state index in [0.717, 1.165) is 11.5 Å². The van der Waals surface area contributed by atoms with Crippen LogP contribution in [0.3, 0.4) is 0 Å². The fourth-order valence-corrected chi connectivity index (χ4v) is 1.36. The lowest BCUT2D eigenvalue weighted by molar-refractivity contribution is -0.150. The first kappa shape index (κ1) is 10.8. The molecule has 1 aromatic rings. The summed E-state index contributed by atoms with van der Waals surface area (Å²) in [6, 6.07) is 3.78. The molecule has 1 rings (SSSR count). The summed E-state index contributed by atoms with van der Waals surface area (Å²) in [5.41, 5.74) is -0.529. The molecule has 0 aliphatic rings. The van der Waals surface area contributed by atoms with E-state index in [9.17, 15) is 4.79 Å². The first-order valence-electron chi connectivity index (χ1n) is 4.59. The normalized spacial score (nSPS) is 11.4. The average Bonchev–Trinajstić information content (AvgIpc) is 2.48. The highest BCUT2D eigenvalue weighted by atomic mass is 16.5. The molecule has 0 saturated heterocycles. The Bertz CT molecular complexity index is 323. The maximum Gasteiger partial charge on any atom is 0.311 e. The lowest BCUT2D eigenvalue weighted by Crippen LogP contribution is -2.27. The molecule has 0 aliphatic heterocycles. The van der Waals surface area contributed by atoms with Gasteiger partial charge in [0.1, 0.15) is 11.5 Å². The number of hydrogen-bond acceptors (Lipinski definition) is 3. The third-order valence-electron chi connectivity index (χ3n) is 2.15. The standard InChI is InChI=1S/C11H16O3/c1-8-5-6-9(14-8)7-11(2,3)10(12)13-4/h5-6H,7H2,1-4H3. The second-order valence-corrected chi connectivity index (χ2v) is 4.06. The first-order valence-corrected chi connectivity index (χ1v) is 4.59. The molecule has 0 radical (unpaired) electrons. The van der Waals surface area contributed by atoms with Gasteiger partial charge in [0.25, 0.3) is 0 Å². The average molecular weight is 196 g/mol. The fraction of sp³-hybridized carbons (Fsp3) is 0.545. The molecule has 0 atom stereocenters. The van der Waals surface area contributed by atoms with Crippen LogP contribution >= 0.6 is 0 Å². The van der Waals surface area contributed by atoms with Crippen molar-refractivity contribution in [2.45, 2.75) is 27.2 Å². The van der Waals surface area contributed by atoms with Crippen LogP contribution in [0.15, 0.2) is 16.5 Å². The van der Waals surface area contributed by atoms with Crippen LogP contribution < -0.4 is 0 Å². The van der Waals surface area contributed by atoms with E-state index in [1.807, 2.05) is 32.9 Å². The monoisotopic (exact) mass is 196 g/mol. The van der Waals surface area contributed by atoms with Crippen LogP contribution in [0, 0.1) is 12.3 Å².